The predicted molar refractivity (Wildman–Crippen MR) is 89.9 cm³/mol. The van der Waals surface area contributed by atoms with Crippen LogP contribution >= 0.6 is 0 Å². The number of carbonyl (C=O) groups is 1. The van der Waals surface area contributed by atoms with Gasteiger partial charge in [0.25, 0.3) is 0 Å². The third kappa shape index (κ3) is 3.24. The number of hydrogen-bond donors (Lipinski definition) is 1. The molecule has 1 N–H and O–H groups in total. The van der Waals surface area contributed by atoms with E-state index in [0.29, 0.717) is 6.54 Å². The number of pyridine rings is 1. The Hall–Kier alpha value is -2.66. The lowest BCUT2D eigenvalue weighted by molar-refractivity contribution is -0.126. The standard InChI is InChI=1S/C18H20N4O/c1-21(2)17(14-8-4-3-5-9-14)18(23)20-13-16-19-12-15-10-6-7-11-22(15)16/h3-12,17H,13H2,1-2H3,(H,20,23). The highest BCUT2D eigenvalue weighted by atomic mass is 16.2. The van der Waals surface area contributed by atoms with Gasteiger partial charge in [-0.3, -0.25) is 9.69 Å². The van der Waals surface area contributed by atoms with Crippen molar-refractivity contribution in [3.63, 3.8) is 0 Å². The first-order valence-corrected chi connectivity index (χ1v) is 7.57. The average Bonchev–Trinajstić information content (AvgIpc) is 2.97. The number of nitrogens with zero attached hydrogens (tertiary/aromatic N) is 3. The molecule has 23 heavy (non-hydrogen) atoms. The van der Waals surface area contributed by atoms with Crippen molar-refractivity contribution in [1.29, 1.82) is 0 Å². The van der Waals surface area contributed by atoms with Gasteiger partial charge in [0.1, 0.15) is 11.9 Å². The van der Waals surface area contributed by atoms with Crippen LogP contribution in [0.2, 0.25) is 0 Å². The summed E-state index contributed by atoms with van der Waals surface area (Å²) in [5.41, 5.74) is 1.99. The van der Waals surface area contributed by atoms with Gasteiger partial charge >= 0.3 is 0 Å². The number of rotatable bonds is 5. The first-order valence-electron chi connectivity index (χ1n) is 7.57. The molecule has 5 nitrogen and oxygen atoms in total. The summed E-state index contributed by atoms with van der Waals surface area (Å²) in [6.45, 7) is 0.397. The maximum atomic E-state index is 12.6. The third-order valence-corrected chi connectivity index (χ3v) is 3.82. The Morgan fingerprint density at radius 3 is 2.65 bits per heavy atom. The van der Waals surface area contributed by atoms with Gasteiger partial charge in [-0.25, -0.2) is 4.98 Å². The van der Waals surface area contributed by atoms with Gasteiger partial charge in [-0.1, -0.05) is 36.4 Å². The molecule has 0 saturated heterocycles. The first kappa shape index (κ1) is 15.2. The van der Waals surface area contributed by atoms with E-state index < -0.39 is 0 Å². The van der Waals surface area contributed by atoms with Crippen LogP contribution in [-0.2, 0) is 11.3 Å². The van der Waals surface area contributed by atoms with E-state index in [1.54, 1.807) is 0 Å². The topological polar surface area (TPSA) is 49.6 Å². The van der Waals surface area contributed by atoms with Gasteiger partial charge in [-0.2, -0.15) is 0 Å². The van der Waals surface area contributed by atoms with Crippen LogP contribution in [-0.4, -0.2) is 34.3 Å². The molecular weight excluding hydrogens is 288 g/mol. The number of aromatic nitrogens is 2. The Morgan fingerprint density at radius 1 is 1.17 bits per heavy atom. The Labute approximate surface area is 135 Å². The molecule has 0 fully saturated rings. The summed E-state index contributed by atoms with van der Waals surface area (Å²) in [6.07, 6.45) is 3.76. The number of hydrogen-bond acceptors (Lipinski definition) is 3. The van der Waals surface area contributed by atoms with Crippen LogP contribution in [0.3, 0.4) is 0 Å². The Kier molecular flexibility index (Phi) is 4.39. The molecule has 1 aromatic carbocycles. The number of nitrogens with one attached hydrogen (secondary N) is 1. The molecule has 5 heteroatoms. The van der Waals surface area contributed by atoms with Crippen LogP contribution in [0, 0.1) is 0 Å². The summed E-state index contributed by atoms with van der Waals surface area (Å²) in [7, 11) is 3.81. The van der Waals surface area contributed by atoms with E-state index in [-0.39, 0.29) is 11.9 Å². The van der Waals surface area contributed by atoms with E-state index in [9.17, 15) is 4.79 Å². The van der Waals surface area contributed by atoms with Gasteiger partial charge in [0.2, 0.25) is 5.91 Å². The van der Waals surface area contributed by atoms with Crippen molar-refractivity contribution >= 4 is 11.4 Å². The number of carbonyl (C=O) groups excluding carboxylic acids is 1. The SMILES string of the molecule is CN(C)C(C(=O)NCc1ncc2ccccn12)c1ccccc1. The minimum atomic E-state index is -0.317. The molecule has 118 valence electrons. The van der Waals surface area contributed by atoms with E-state index in [4.69, 9.17) is 0 Å². The molecule has 1 atom stereocenters. The molecule has 0 bridgehead atoms. The van der Waals surface area contributed by atoms with Crippen LogP contribution < -0.4 is 5.32 Å². The molecule has 2 aromatic heterocycles. The zero-order chi connectivity index (χ0) is 16.2. The van der Waals surface area contributed by atoms with Gasteiger partial charge < -0.3 is 9.72 Å². The quantitative estimate of drug-likeness (QED) is 0.786. The van der Waals surface area contributed by atoms with Crippen molar-refractivity contribution in [3.8, 4) is 0 Å². The molecule has 2 heterocycles. The van der Waals surface area contributed by atoms with Crippen LogP contribution in [0.25, 0.3) is 5.52 Å². The summed E-state index contributed by atoms with van der Waals surface area (Å²) in [6, 6.07) is 15.4. The van der Waals surface area contributed by atoms with Crippen molar-refractivity contribution < 1.29 is 4.79 Å². The zero-order valence-electron chi connectivity index (χ0n) is 13.3. The molecule has 1 amide bonds. The highest BCUT2D eigenvalue weighted by molar-refractivity contribution is 5.83. The average molecular weight is 308 g/mol. The molecule has 0 aliphatic heterocycles. The molecule has 3 rings (SSSR count). The van der Waals surface area contributed by atoms with Gasteiger partial charge in [-0.15, -0.1) is 0 Å². The lowest BCUT2D eigenvalue weighted by Gasteiger charge is -2.23. The summed E-state index contributed by atoms with van der Waals surface area (Å²) in [5.74, 6) is 0.786. The van der Waals surface area contributed by atoms with E-state index in [0.717, 1.165) is 16.9 Å². The minimum absolute atomic E-state index is 0.0334. The summed E-state index contributed by atoms with van der Waals surface area (Å²) < 4.78 is 1.98. The van der Waals surface area contributed by atoms with Crippen molar-refractivity contribution in [2.45, 2.75) is 12.6 Å². The molecule has 0 aliphatic rings. The highest BCUT2D eigenvalue weighted by Gasteiger charge is 2.22. The van der Waals surface area contributed by atoms with Crippen molar-refractivity contribution in [2.75, 3.05) is 14.1 Å². The first-order chi connectivity index (χ1) is 11.2. The van der Waals surface area contributed by atoms with Gasteiger partial charge in [0.05, 0.1) is 18.3 Å². The van der Waals surface area contributed by atoms with Crippen molar-refractivity contribution in [1.82, 2.24) is 19.6 Å². The lowest BCUT2D eigenvalue weighted by atomic mass is 10.1. The monoisotopic (exact) mass is 308 g/mol. The summed E-state index contributed by atoms with van der Waals surface area (Å²) in [4.78, 5) is 18.9. The Bertz CT molecular complexity index is 795. The fourth-order valence-electron chi connectivity index (χ4n) is 2.71. The largest absolute Gasteiger partial charge is 0.347 e. The number of likely N-dealkylation sites (N-methyl/N-ethyl adjacent to an activating group) is 1. The van der Waals surface area contributed by atoms with Crippen LogP contribution in [0.5, 0.6) is 0 Å². The molecule has 0 saturated carbocycles. The second-order valence-electron chi connectivity index (χ2n) is 5.66. The zero-order valence-corrected chi connectivity index (χ0v) is 13.3. The van der Waals surface area contributed by atoms with E-state index >= 15 is 0 Å². The van der Waals surface area contributed by atoms with E-state index in [2.05, 4.69) is 10.3 Å². The molecule has 1 unspecified atom stereocenters. The minimum Gasteiger partial charge on any atom is -0.347 e. The normalized spacial score (nSPS) is 12.5. The van der Waals surface area contributed by atoms with Crippen molar-refractivity contribution in [3.05, 3.63) is 72.3 Å². The second-order valence-corrected chi connectivity index (χ2v) is 5.66. The number of fused-ring (bicyclic) bond motifs is 1. The molecule has 0 aliphatic carbocycles. The smallest absolute Gasteiger partial charge is 0.242 e. The Morgan fingerprint density at radius 2 is 1.91 bits per heavy atom. The third-order valence-electron chi connectivity index (χ3n) is 3.82. The molecule has 3 aromatic rings. The molecule has 0 spiro atoms. The van der Waals surface area contributed by atoms with Gasteiger partial charge in [-0.05, 0) is 31.8 Å². The number of amides is 1. The molecular formula is C18H20N4O. The number of benzene rings is 1. The second kappa shape index (κ2) is 6.62. The van der Waals surface area contributed by atoms with E-state index in [1.807, 2.05) is 84.3 Å². The fourth-order valence-corrected chi connectivity index (χ4v) is 2.71. The lowest BCUT2D eigenvalue weighted by Crippen LogP contribution is -2.37. The maximum Gasteiger partial charge on any atom is 0.242 e. The Balaban J connectivity index is 1.75. The maximum absolute atomic E-state index is 12.6. The van der Waals surface area contributed by atoms with E-state index in [1.165, 1.54) is 0 Å². The van der Waals surface area contributed by atoms with Crippen LogP contribution in [0.15, 0.2) is 60.9 Å². The predicted octanol–water partition coefficient (Wildman–Crippen LogP) is 2.25. The highest BCUT2D eigenvalue weighted by Crippen LogP contribution is 2.18. The fraction of sp³-hybridized carbons (Fsp3) is 0.222. The van der Waals surface area contributed by atoms with Crippen LogP contribution in [0.1, 0.15) is 17.4 Å². The molecule has 0 radical (unpaired) electrons. The summed E-state index contributed by atoms with van der Waals surface area (Å²) >= 11 is 0. The van der Waals surface area contributed by atoms with Crippen molar-refractivity contribution in [2.24, 2.45) is 0 Å². The number of imidazole rings is 1. The summed E-state index contributed by atoms with van der Waals surface area (Å²) in [5, 5.41) is 2.99. The van der Waals surface area contributed by atoms with Gasteiger partial charge in [0, 0.05) is 6.20 Å². The van der Waals surface area contributed by atoms with Crippen LogP contribution in [0.4, 0.5) is 0 Å². The van der Waals surface area contributed by atoms with Gasteiger partial charge in [0.15, 0.2) is 0 Å².